The van der Waals surface area contributed by atoms with Crippen molar-refractivity contribution in [3.63, 3.8) is 0 Å². The van der Waals surface area contributed by atoms with Crippen molar-refractivity contribution in [3.05, 3.63) is 84.9 Å². The number of hydrogen-bond acceptors (Lipinski definition) is 8. The number of anilines is 1. The first kappa shape index (κ1) is 29.0. The normalized spacial score (nSPS) is 15.5. The van der Waals surface area contributed by atoms with E-state index >= 15 is 4.39 Å². The van der Waals surface area contributed by atoms with Crippen molar-refractivity contribution in [2.75, 3.05) is 38.1 Å². The van der Waals surface area contributed by atoms with E-state index in [0.29, 0.717) is 40.4 Å². The molecule has 1 aliphatic heterocycles. The second-order valence-electron chi connectivity index (χ2n) is 10.9. The minimum atomic E-state index is -0.485. The third kappa shape index (κ3) is 6.95. The van der Waals surface area contributed by atoms with Gasteiger partial charge in [-0.2, -0.15) is 0 Å². The summed E-state index contributed by atoms with van der Waals surface area (Å²) in [6, 6.07) is 20.1. The van der Waals surface area contributed by atoms with Gasteiger partial charge >= 0.3 is 0 Å². The summed E-state index contributed by atoms with van der Waals surface area (Å²) in [5.41, 5.74) is 2.18. The quantitative estimate of drug-likeness (QED) is 0.120. The fourth-order valence-corrected chi connectivity index (χ4v) is 6.26. The summed E-state index contributed by atoms with van der Waals surface area (Å²) in [6.45, 7) is 6.25. The molecular formula is C34H35FN4O3S. The Morgan fingerprint density at radius 1 is 0.977 bits per heavy atom. The molecule has 43 heavy (non-hydrogen) atoms. The van der Waals surface area contributed by atoms with Gasteiger partial charge in [0.25, 0.3) is 0 Å². The van der Waals surface area contributed by atoms with Crippen LogP contribution in [0.1, 0.15) is 26.2 Å². The van der Waals surface area contributed by atoms with Crippen molar-refractivity contribution in [1.29, 1.82) is 0 Å². The molecule has 1 N–H and O–H groups in total. The first-order valence-electron chi connectivity index (χ1n) is 14.6. The maximum absolute atomic E-state index is 15.2. The summed E-state index contributed by atoms with van der Waals surface area (Å²) in [4.78, 5) is 12.5. The monoisotopic (exact) mass is 598 g/mol. The molecule has 7 nitrogen and oxygen atoms in total. The molecule has 1 atom stereocenters. The number of piperidine rings is 1. The summed E-state index contributed by atoms with van der Waals surface area (Å²) >= 11 is 1.39. The summed E-state index contributed by atoms with van der Waals surface area (Å²) in [7, 11) is 1.61. The molecule has 1 fully saturated rings. The Morgan fingerprint density at radius 2 is 1.88 bits per heavy atom. The SMILES string of the molecule is COc1cc2c(Oc3ccc(NSc4cccc5cccnc45)cc3F)ccnc2cc1OCCCN1CCCC(C)C1. The predicted octanol–water partition coefficient (Wildman–Crippen LogP) is 8.34. The molecule has 3 heterocycles. The molecule has 3 aromatic carbocycles. The summed E-state index contributed by atoms with van der Waals surface area (Å²) in [5, 5.41) is 1.75. The van der Waals surface area contributed by atoms with Crippen LogP contribution in [0.5, 0.6) is 23.0 Å². The number of nitrogens with zero attached hydrogens (tertiary/aromatic N) is 3. The Kier molecular flexibility index (Phi) is 9.10. The third-order valence-electron chi connectivity index (χ3n) is 7.63. The Balaban J connectivity index is 1.12. The molecule has 1 unspecified atom stereocenters. The lowest BCUT2D eigenvalue weighted by atomic mass is 10.0. The lowest BCUT2D eigenvalue weighted by molar-refractivity contribution is 0.169. The van der Waals surface area contributed by atoms with Gasteiger partial charge in [-0.15, -0.1) is 0 Å². The molecule has 0 spiro atoms. The van der Waals surface area contributed by atoms with Gasteiger partial charge < -0.3 is 23.8 Å². The highest BCUT2D eigenvalue weighted by molar-refractivity contribution is 8.00. The largest absolute Gasteiger partial charge is 0.493 e. The van der Waals surface area contributed by atoms with Crippen molar-refractivity contribution in [2.45, 2.75) is 31.1 Å². The van der Waals surface area contributed by atoms with Gasteiger partial charge in [-0.3, -0.25) is 9.97 Å². The highest BCUT2D eigenvalue weighted by Gasteiger charge is 2.17. The Morgan fingerprint density at radius 3 is 2.74 bits per heavy atom. The van der Waals surface area contributed by atoms with E-state index in [1.807, 2.05) is 42.5 Å². The van der Waals surface area contributed by atoms with Crippen LogP contribution in [0.25, 0.3) is 21.8 Å². The number of nitrogens with one attached hydrogen (secondary N) is 1. The molecule has 222 valence electrons. The number of fused-ring (bicyclic) bond motifs is 2. The van der Waals surface area contributed by atoms with Crippen LogP contribution in [0.3, 0.4) is 0 Å². The van der Waals surface area contributed by atoms with Crippen molar-refractivity contribution in [2.24, 2.45) is 5.92 Å². The molecule has 6 rings (SSSR count). The average Bonchev–Trinajstić information content (AvgIpc) is 3.03. The molecule has 0 aliphatic carbocycles. The van der Waals surface area contributed by atoms with E-state index in [1.165, 1.54) is 30.9 Å². The molecule has 0 bridgehead atoms. The van der Waals surface area contributed by atoms with E-state index in [1.54, 1.807) is 37.7 Å². The molecule has 0 radical (unpaired) electrons. The Hall–Kier alpha value is -4.08. The van der Waals surface area contributed by atoms with Gasteiger partial charge in [0.05, 0.1) is 29.6 Å². The third-order valence-corrected chi connectivity index (χ3v) is 8.52. The maximum Gasteiger partial charge on any atom is 0.167 e. The van der Waals surface area contributed by atoms with Crippen LogP contribution in [0.4, 0.5) is 10.1 Å². The number of ether oxygens (including phenoxy) is 3. The second-order valence-corrected chi connectivity index (χ2v) is 11.7. The van der Waals surface area contributed by atoms with Crippen molar-refractivity contribution in [3.8, 4) is 23.0 Å². The second kappa shape index (κ2) is 13.5. The molecule has 2 aromatic heterocycles. The molecule has 1 saturated heterocycles. The number of halogens is 1. The van der Waals surface area contributed by atoms with Crippen LogP contribution in [-0.2, 0) is 0 Å². The number of rotatable bonds is 11. The predicted molar refractivity (Wildman–Crippen MR) is 171 cm³/mol. The van der Waals surface area contributed by atoms with Crippen LogP contribution in [-0.4, -0.2) is 48.2 Å². The van der Waals surface area contributed by atoms with Crippen LogP contribution in [0.2, 0.25) is 0 Å². The Bertz CT molecular complexity index is 1710. The fraction of sp³-hybridized carbons (Fsp3) is 0.294. The number of benzene rings is 3. The van der Waals surface area contributed by atoms with Gasteiger partial charge in [0, 0.05) is 54.1 Å². The zero-order chi connectivity index (χ0) is 29.6. The highest BCUT2D eigenvalue weighted by Crippen LogP contribution is 2.38. The Labute approximate surface area is 255 Å². The van der Waals surface area contributed by atoms with Crippen LogP contribution < -0.4 is 18.9 Å². The van der Waals surface area contributed by atoms with Crippen molar-refractivity contribution < 1.29 is 18.6 Å². The van der Waals surface area contributed by atoms with Crippen molar-refractivity contribution >= 4 is 39.4 Å². The fourth-order valence-electron chi connectivity index (χ4n) is 5.49. The maximum atomic E-state index is 15.2. The highest BCUT2D eigenvalue weighted by atomic mass is 32.2. The number of methoxy groups -OCH3 is 1. The first-order valence-corrected chi connectivity index (χ1v) is 15.4. The lowest BCUT2D eigenvalue weighted by Crippen LogP contribution is -2.35. The van der Waals surface area contributed by atoms with E-state index in [0.717, 1.165) is 47.8 Å². The smallest absolute Gasteiger partial charge is 0.167 e. The van der Waals surface area contributed by atoms with E-state index in [9.17, 15) is 0 Å². The van der Waals surface area contributed by atoms with Crippen LogP contribution in [0.15, 0.2) is 84.0 Å². The molecule has 0 saturated carbocycles. The number of aromatic nitrogens is 2. The van der Waals surface area contributed by atoms with E-state index in [2.05, 4.69) is 26.5 Å². The summed E-state index contributed by atoms with van der Waals surface area (Å²) in [6.07, 6.45) is 6.94. The minimum Gasteiger partial charge on any atom is -0.493 e. The minimum absolute atomic E-state index is 0.112. The first-order chi connectivity index (χ1) is 21.1. The topological polar surface area (TPSA) is 68.7 Å². The zero-order valence-electron chi connectivity index (χ0n) is 24.4. The van der Waals surface area contributed by atoms with Crippen molar-refractivity contribution in [1.82, 2.24) is 14.9 Å². The molecule has 0 amide bonds. The molecule has 9 heteroatoms. The van der Waals surface area contributed by atoms with E-state index < -0.39 is 5.82 Å². The molecular weight excluding hydrogens is 563 g/mol. The lowest BCUT2D eigenvalue weighted by Gasteiger charge is -2.30. The summed E-state index contributed by atoms with van der Waals surface area (Å²) in [5.74, 6) is 2.08. The molecule has 5 aromatic rings. The van der Waals surface area contributed by atoms with E-state index in [4.69, 9.17) is 14.2 Å². The van der Waals surface area contributed by atoms with Crippen LogP contribution in [0, 0.1) is 11.7 Å². The number of para-hydroxylation sites is 1. The van der Waals surface area contributed by atoms with Gasteiger partial charge in [0.1, 0.15) is 5.75 Å². The van der Waals surface area contributed by atoms with E-state index in [-0.39, 0.29) is 5.75 Å². The number of likely N-dealkylation sites (tertiary alicyclic amines) is 1. The van der Waals surface area contributed by atoms with Crippen LogP contribution >= 0.6 is 11.9 Å². The number of hydrogen-bond donors (Lipinski definition) is 1. The van der Waals surface area contributed by atoms with Gasteiger partial charge in [0.15, 0.2) is 23.1 Å². The van der Waals surface area contributed by atoms with Gasteiger partial charge in [-0.1, -0.05) is 25.1 Å². The van der Waals surface area contributed by atoms with Gasteiger partial charge in [-0.05, 0) is 80.1 Å². The van der Waals surface area contributed by atoms with Gasteiger partial charge in [-0.25, -0.2) is 4.39 Å². The molecule has 1 aliphatic rings. The number of pyridine rings is 2. The zero-order valence-corrected chi connectivity index (χ0v) is 25.2. The standard InChI is InChI=1S/C34H35FN4O3S/c1-23-7-5-16-39(22-23)17-6-18-41-32-21-28-26(20-31(32)40-2)29(13-15-36-28)42-30-12-11-25(19-27(30)35)38-43-33-10-3-8-24-9-4-14-37-34(24)33/h3-4,8-15,19-21,23,38H,5-7,16-18,22H2,1-2H3. The summed E-state index contributed by atoms with van der Waals surface area (Å²) < 4.78 is 36.2. The van der Waals surface area contributed by atoms with Gasteiger partial charge in [0.2, 0.25) is 0 Å². The average molecular weight is 599 g/mol.